The molecule has 0 unspecified atom stereocenters. The molecule has 1 fully saturated rings. The van der Waals surface area contributed by atoms with Gasteiger partial charge in [0.25, 0.3) is 0 Å². The zero-order valence-corrected chi connectivity index (χ0v) is 15.8. The Hall–Kier alpha value is -2.79. The molecule has 3 atom stereocenters. The van der Waals surface area contributed by atoms with E-state index in [9.17, 15) is 14.0 Å². The van der Waals surface area contributed by atoms with Crippen LogP contribution in [0.1, 0.15) is 30.0 Å². The third-order valence-electron chi connectivity index (χ3n) is 5.71. The number of halogens is 1. The molecule has 144 valence electrons. The summed E-state index contributed by atoms with van der Waals surface area (Å²) in [5, 5.41) is 0. The van der Waals surface area contributed by atoms with Crippen LogP contribution in [0.4, 0.5) is 4.39 Å². The van der Waals surface area contributed by atoms with Crippen molar-refractivity contribution in [2.24, 2.45) is 11.8 Å². The second kappa shape index (κ2) is 7.68. The van der Waals surface area contributed by atoms with Crippen LogP contribution in [0.2, 0.25) is 0 Å². The smallest absolute Gasteiger partial charge is 0.234 e. The third kappa shape index (κ3) is 3.38. The summed E-state index contributed by atoms with van der Waals surface area (Å²) in [6.07, 6.45) is 5.25. The first-order valence-corrected chi connectivity index (χ1v) is 9.57. The maximum atomic E-state index is 13.4. The topological polar surface area (TPSA) is 40.6 Å². The first kappa shape index (κ1) is 18.6. The van der Waals surface area contributed by atoms with E-state index >= 15 is 0 Å². The number of hydrogen-bond donors (Lipinski definition) is 0. The minimum atomic E-state index is -0.292. The number of nitrogens with zero attached hydrogens (tertiary/aromatic N) is 2. The first-order chi connectivity index (χ1) is 13.6. The lowest BCUT2D eigenvalue weighted by atomic mass is 9.85. The molecule has 1 aliphatic heterocycles. The van der Waals surface area contributed by atoms with Crippen LogP contribution in [0.5, 0.6) is 0 Å². The molecule has 0 aromatic heterocycles. The molecule has 1 aliphatic carbocycles. The van der Waals surface area contributed by atoms with Gasteiger partial charge in [-0.15, -0.1) is 0 Å². The van der Waals surface area contributed by atoms with Crippen molar-refractivity contribution in [1.29, 1.82) is 0 Å². The molecule has 0 saturated carbocycles. The zero-order chi connectivity index (χ0) is 19.7. The Kier molecular flexibility index (Phi) is 5.09. The normalized spacial score (nSPS) is 22.6. The van der Waals surface area contributed by atoms with Crippen molar-refractivity contribution in [3.8, 4) is 0 Å². The predicted molar refractivity (Wildman–Crippen MR) is 105 cm³/mol. The van der Waals surface area contributed by atoms with Crippen molar-refractivity contribution in [3.63, 3.8) is 0 Å². The van der Waals surface area contributed by atoms with Crippen molar-refractivity contribution in [2.45, 2.75) is 18.9 Å². The molecule has 2 aliphatic rings. The molecule has 0 bridgehead atoms. The highest BCUT2D eigenvalue weighted by Gasteiger charge is 2.47. The zero-order valence-electron chi connectivity index (χ0n) is 15.8. The molecule has 1 heterocycles. The molecule has 2 aromatic rings. The lowest BCUT2D eigenvalue weighted by molar-refractivity contribution is -0.142. The fourth-order valence-corrected chi connectivity index (χ4v) is 4.29. The van der Waals surface area contributed by atoms with E-state index in [1.165, 1.54) is 17.0 Å². The van der Waals surface area contributed by atoms with Gasteiger partial charge in [-0.05, 0) is 43.1 Å². The number of carbonyl (C=O) groups excluding carboxylic acids is 2. The summed E-state index contributed by atoms with van der Waals surface area (Å²) in [4.78, 5) is 29.0. The Balaban J connectivity index is 1.61. The molecule has 5 heteroatoms. The summed E-state index contributed by atoms with van der Waals surface area (Å²) in [5.41, 5.74) is 1.93. The van der Waals surface area contributed by atoms with Crippen LogP contribution in [-0.2, 0) is 9.59 Å². The molecule has 0 spiro atoms. The van der Waals surface area contributed by atoms with Gasteiger partial charge in [0, 0.05) is 0 Å². The average Bonchev–Trinajstić information content (AvgIpc) is 2.96. The maximum absolute atomic E-state index is 13.4. The SMILES string of the molecule is CN(CN1C(=O)[C@H]2CC=CC[C@H]2C1=O)[C@H](c1ccccc1)c1ccc(F)cc1. The highest BCUT2D eigenvalue weighted by atomic mass is 19.1. The lowest BCUT2D eigenvalue weighted by Crippen LogP contribution is -2.42. The maximum Gasteiger partial charge on any atom is 0.234 e. The Bertz CT molecular complexity index is 869. The summed E-state index contributed by atoms with van der Waals surface area (Å²) in [5.74, 6) is -0.923. The van der Waals surface area contributed by atoms with Gasteiger partial charge in [0.2, 0.25) is 11.8 Å². The molecule has 4 rings (SSSR count). The number of hydrogen-bond acceptors (Lipinski definition) is 3. The van der Waals surface area contributed by atoms with Crippen LogP contribution in [0, 0.1) is 17.7 Å². The van der Waals surface area contributed by atoms with Crippen molar-refractivity contribution in [1.82, 2.24) is 9.80 Å². The summed E-state index contributed by atoms with van der Waals surface area (Å²) in [7, 11) is 1.89. The number of benzene rings is 2. The van der Waals surface area contributed by atoms with Crippen LogP contribution in [-0.4, -0.2) is 35.3 Å². The van der Waals surface area contributed by atoms with E-state index in [4.69, 9.17) is 0 Å². The van der Waals surface area contributed by atoms with Gasteiger partial charge in [0.15, 0.2) is 0 Å². The van der Waals surface area contributed by atoms with Gasteiger partial charge < -0.3 is 0 Å². The van der Waals surface area contributed by atoms with Crippen LogP contribution < -0.4 is 0 Å². The molecule has 0 N–H and O–H groups in total. The molecular weight excluding hydrogens is 355 g/mol. The molecule has 1 saturated heterocycles. The van der Waals surface area contributed by atoms with Gasteiger partial charge in [-0.1, -0.05) is 54.6 Å². The second-order valence-electron chi connectivity index (χ2n) is 7.52. The van der Waals surface area contributed by atoms with Gasteiger partial charge in [-0.25, -0.2) is 4.39 Å². The molecule has 2 amide bonds. The van der Waals surface area contributed by atoms with Gasteiger partial charge >= 0.3 is 0 Å². The van der Waals surface area contributed by atoms with E-state index in [0.29, 0.717) is 12.8 Å². The third-order valence-corrected chi connectivity index (χ3v) is 5.71. The highest BCUT2D eigenvalue weighted by molar-refractivity contribution is 6.05. The van der Waals surface area contributed by atoms with Crippen molar-refractivity contribution in [2.75, 3.05) is 13.7 Å². The highest BCUT2D eigenvalue weighted by Crippen LogP contribution is 2.36. The number of allylic oxidation sites excluding steroid dienone is 2. The molecule has 28 heavy (non-hydrogen) atoms. The number of amides is 2. The van der Waals surface area contributed by atoms with Crippen molar-refractivity contribution < 1.29 is 14.0 Å². The van der Waals surface area contributed by atoms with E-state index in [1.54, 1.807) is 12.1 Å². The van der Waals surface area contributed by atoms with Gasteiger partial charge in [0.1, 0.15) is 5.82 Å². The van der Waals surface area contributed by atoms with E-state index in [1.807, 2.05) is 54.4 Å². The number of carbonyl (C=O) groups is 2. The van der Waals surface area contributed by atoms with Crippen LogP contribution >= 0.6 is 0 Å². The largest absolute Gasteiger partial charge is 0.277 e. The fraction of sp³-hybridized carbons (Fsp3) is 0.304. The summed E-state index contributed by atoms with van der Waals surface area (Å²) >= 11 is 0. The summed E-state index contributed by atoms with van der Waals surface area (Å²) in [6.45, 7) is 0.210. The Labute approximate surface area is 164 Å². The van der Waals surface area contributed by atoms with Crippen molar-refractivity contribution in [3.05, 3.63) is 83.7 Å². The molecule has 2 aromatic carbocycles. The first-order valence-electron chi connectivity index (χ1n) is 9.57. The Morgan fingerprint density at radius 2 is 1.46 bits per heavy atom. The van der Waals surface area contributed by atoms with E-state index in [0.717, 1.165) is 11.1 Å². The Morgan fingerprint density at radius 3 is 2.04 bits per heavy atom. The molecule has 0 radical (unpaired) electrons. The van der Waals surface area contributed by atoms with Gasteiger partial charge in [0.05, 0.1) is 24.5 Å². The summed E-state index contributed by atoms with van der Waals surface area (Å²) < 4.78 is 13.4. The van der Waals surface area contributed by atoms with Crippen LogP contribution in [0.15, 0.2) is 66.7 Å². The number of imide groups is 1. The average molecular weight is 378 g/mol. The standard InChI is InChI=1S/C23H23FN2O2/c1-25(15-26-22(27)19-9-5-6-10-20(19)23(26)28)21(16-7-3-2-4-8-16)17-11-13-18(24)14-12-17/h2-8,11-14,19-21H,9-10,15H2,1H3/t19-,20+,21-/m1/s1. The number of fused-ring (bicyclic) bond motifs is 1. The van der Waals surface area contributed by atoms with Crippen LogP contribution in [0.3, 0.4) is 0 Å². The predicted octanol–water partition coefficient (Wildman–Crippen LogP) is 3.76. The fourth-order valence-electron chi connectivity index (χ4n) is 4.29. The van der Waals surface area contributed by atoms with E-state index < -0.39 is 0 Å². The van der Waals surface area contributed by atoms with Gasteiger partial charge in [-0.2, -0.15) is 0 Å². The van der Waals surface area contributed by atoms with Gasteiger partial charge in [-0.3, -0.25) is 19.4 Å². The molecular formula is C23H23FN2O2. The minimum Gasteiger partial charge on any atom is -0.277 e. The minimum absolute atomic E-state index is 0.0860. The van der Waals surface area contributed by atoms with E-state index in [-0.39, 0.29) is 42.2 Å². The second-order valence-corrected chi connectivity index (χ2v) is 7.52. The quantitative estimate of drug-likeness (QED) is 0.588. The lowest BCUT2D eigenvalue weighted by Gasteiger charge is -2.32. The number of rotatable bonds is 5. The van der Waals surface area contributed by atoms with E-state index in [2.05, 4.69) is 0 Å². The Morgan fingerprint density at radius 1 is 0.929 bits per heavy atom. The molecule has 4 nitrogen and oxygen atoms in total. The number of likely N-dealkylation sites (tertiary alicyclic amines) is 1. The van der Waals surface area contributed by atoms with Crippen LogP contribution in [0.25, 0.3) is 0 Å². The van der Waals surface area contributed by atoms with Crippen molar-refractivity contribution >= 4 is 11.8 Å². The monoisotopic (exact) mass is 378 g/mol. The summed E-state index contributed by atoms with van der Waals surface area (Å²) in [6, 6.07) is 16.0.